The van der Waals surface area contributed by atoms with E-state index in [1.165, 1.54) is 12.1 Å². The topological polar surface area (TPSA) is 26.3 Å². The summed E-state index contributed by atoms with van der Waals surface area (Å²) in [4.78, 5) is 9.83. The van der Waals surface area contributed by atoms with Gasteiger partial charge in [0, 0.05) is 0 Å². The molecule has 13 heavy (non-hydrogen) atoms. The van der Waals surface area contributed by atoms with Crippen LogP contribution in [0.5, 0.6) is 5.75 Å². The zero-order valence-electron chi connectivity index (χ0n) is 6.34. The molecule has 2 nitrogen and oxygen atoms in total. The molecular weight excluding hydrogens is 185 g/mol. The Labute approximate surface area is 71.9 Å². The quantitative estimate of drug-likeness (QED) is 0.668. The SMILES string of the molecule is O=COc1cccc(C(F)(F)F)c1. The Bertz CT molecular complexity index is 307. The van der Waals surface area contributed by atoms with Gasteiger partial charge in [-0.2, -0.15) is 13.2 Å². The second kappa shape index (κ2) is 3.47. The lowest BCUT2D eigenvalue weighted by molar-refractivity contribution is -0.138. The van der Waals surface area contributed by atoms with Gasteiger partial charge < -0.3 is 4.74 Å². The van der Waals surface area contributed by atoms with E-state index in [1.807, 2.05) is 0 Å². The molecule has 0 fully saturated rings. The van der Waals surface area contributed by atoms with Crippen LogP contribution in [0.4, 0.5) is 13.2 Å². The second-order valence-electron chi connectivity index (χ2n) is 2.24. The van der Waals surface area contributed by atoms with Crippen LogP contribution < -0.4 is 4.74 Å². The first-order valence-corrected chi connectivity index (χ1v) is 3.31. The first kappa shape index (κ1) is 9.57. The van der Waals surface area contributed by atoms with Crippen molar-refractivity contribution in [2.24, 2.45) is 0 Å². The molecule has 0 saturated heterocycles. The van der Waals surface area contributed by atoms with Gasteiger partial charge in [-0.25, -0.2) is 0 Å². The summed E-state index contributed by atoms with van der Waals surface area (Å²) in [6.07, 6.45) is -4.41. The monoisotopic (exact) mass is 190 g/mol. The summed E-state index contributed by atoms with van der Waals surface area (Å²) in [7, 11) is 0. The van der Waals surface area contributed by atoms with Gasteiger partial charge >= 0.3 is 6.18 Å². The van der Waals surface area contributed by atoms with Crippen LogP contribution in [0.3, 0.4) is 0 Å². The zero-order valence-corrected chi connectivity index (χ0v) is 6.34. The number of ether oxygens (including phenoxy) is 1. The number of benzene rings is 1. The van der Waals surface area contributed by atoms with Crippen LogP contribution in [-0.2, 0) is 11.0 Å². The highest BCUT2D eigenvalue weighted by Crippen LogP contribution is 2.30. The van der Waals surface area contributed by atoms with Crippen molar-refractivity contribution in [2.45, 2.75) is 6.18 Å². The van der Waals surface area contributed by atoms with Crippen molar-refractivity contribution in [3.8, 4) is 5.75 Å². The van der Waals surface area contributed by atoms with E-state index in [2.05, 4.69) is 4.74 Å². The number of carbonyl (C=O) groups is 1. The maximum atomic E-state index is 12.1. The van der Waals surface area contributed by atoms with Crippen molar-refractivity contribution < 1.29 is 22.7 Å². The van der Waals surface area contributed by atoms with E-state index in [4.69, 9.17) is 0 Å². The predicted molar refractivity (Wildman–Crippen MR) is 38.1 cm³/mol. The minimum absolute atomic E-state index is 0.0789. The summed E-state index contributed by atoms with van der Waals surface area (Å²) in [5, 5.41) is 0. The molecule has 1 aromatic carbocycles. The van der Waals surface area contributed by atoms with Crippen LogP contribution in [0.2, 0.25) is 0 Å². The Balaban J connectivity index is 2.98. The summed E-state index contributed by atoms with van der Waals surface area (Å²) >= 11 is 0. The highest BCUT2D eigenvalue weighted by atomic mass is 19.4. The molecule has 1 aromatic rings. The Hall–Kier alpha value is -1.52. The highest BCUT2D eigenvalue weighted by Gasteiger charge is 2.30. The molecule has 0 aliphatic rings. The smallest absolute Gasteiger partial charge is 0.416 e. The van der Waals surface area contributed by atoms with Crippen LogP contribution in [0, 0.1) is 0 Å². The molecule has 0 atom stereocenters. The highest BCUT2D eigenvalue weighted by molar-refractivity contribution is 5.45. The maximum Gasteiger partial charge on any atom is 0.416 e. The van der Waals surface area contributed by atoms with Crippen LogP contribution >= 0.6 is 0 Å². The van der Waals surface area contributed by atoms with Gasteiger partial charge in [-0.3, -0.25) is 4.79 Å². The molecule has 0 spiro atoms. The fraction of sp³-hybridized carbons (Fsp3) is 0.125. The molecule has 0 aliphatic carbocycles. The van der Waals surface area contributed by atoms with Crippen LogP contribution in [-0.4, -0.2) is 6.47 Å². The second-order valence-corrected chi connectivity index (χ2v) is 2.24. The first-order valence-electron chi connectivity index (χ1n) is 3.31. The van der Waals surface area contributed by atoms with Crippen LogP contribution in [0.25, 0.3) is 0 Å². The number of alkyl halides is 3. The summed E-state index contributed by atoms with van der Waals surface area (Å²) in [6.45, 7) is 0.0789. The average molecular weight is 190 g/mol. The number of halogens is 3. The lowest BCUT2D eigenvalue weighted by atomic mass is 10.2. The fourth-order valence-electron chi connectivity index (χ4n) is 0.801. The average Bonchev–Trinajstić information content (AvgIpc) is 2.04. The predicted octanol–water partition coefficient (Wildman–Crippen LogP) is 2.24. The van der Waals surface area contributed by atoms with Gasteiger partial charge in [-0.1, -0.05) is 6.07 Å². The number of hydrogen-bond acceptors (Lipinski definition) is 2. The third-order valence-electron chi connectivity index (χ3n) is 1.35. The number of rotatable bonds is 2. The molecule has 0 heterocycles. The number of hydrogen-bond donors (Lipinski definition) is 0. The van der Waals surface area contributed by atoms with Crippen molar-refractivity contribution in [1.82, 2.24) is 0 Å². The van der Waals surface area contributed by atoms with Gasteiger partial charge in [0.2, 0.25) is 0 Å². The molecule has 0 unspecified atom stereocenters. The zero-order chi connectivity index (χ0) is 9.90. The molecule has 0 bridgehead atoms. The van der Waals surface area contributed by atoms with Crippen molar-refractivity contribution in [3.05, 3.63) is 29.8 Å². The maximum absolute atomic E-state index is 12.1. The minimum atomic E-state index is -4.41. The summed E-state index contributed by atoms with van der Waals surface area (Å²) < 4.78 is 40.5. The van der Waals surface area contributed by atoms with Gasteiger partial charge in [0.15, 0.2) is 0 Å². The van der Waals surface area contributed by atoms with Gasteiger partial charge in [0.25, 0.3) is 6.47 Å². The van der Waals surface area contributed by atoms with E-state index in [0.29, 0.717) is 0 Å². The van der Waals surface area contributed by atoms with E-state index < -0.39 is 11.7 Å². The van der Waals surface area contributed by atoms with E-state index in [9.17, 15) is 18.0 Å². The summed E-state index contributed by atoms with van der Waals surface area (Å²) in [5.74, 6) is -0.121. The van der Waals surface area contributed by atoms with E-state index in [0.717, 1.165) is 12.1 Å². The molecule has 1 rings (SSSR count). The molecule has 0 saturated carbocycles. The molecule has 0 aromatic heterocycles. The van der Waals surface area contributed by atoms with E-state index in [-0.39, 0.29) is 12.2 Å². The summed E-state index contributed by atoms with van der Waals surface area (Å²) in [5.41, 5.74) is -0.841. The van der Waals surface area contributed by atoms with Crippen molar-refractivity contribution >= 4 is 6.47 Å². The Morgan fingerprint density at radius 2 is 2.00 bits per heavy atom. The normalized spacial score (nSPS) is 11.0. The van der Waals surface area contributed by atoms with Gasteiger partial charge in [0.1, 0.15) is 5.75 Å². The lowest BCUT2D eigenvalue weighted by Gasteiger charge is -2.06. The van der Waals surface area contributed by atoms with Gasteiger partial charge in [0.05, 0.1) is 5.56 Å². The van der Waals surface area contributed by atoms with E-state index >= 15 is 0 Å². The third kappa shape index (κ3) is 2.47. The molecule has 0 radical (unpaired) electrons. The molecule has 0 aliphatic heterocycles. The molecule has 5 heteroatoms. The lowest BCUT2D eigenvalue weighted by Crippen LogP contribution is -2.04. The van der Waals surface area contributed by atoms with Crippen molar-refractivity contribution in [1.29, 1.82) is 0 Å². The molecule has 0 amide bonds. The van der Waals surface area contributed by atoms with Crippen LogP contribution in [0.1, 0.15) is 5.56 Å². The Kier molecular flexibility index (Phi) is 2.55. The van der Waals surface area contributed by atoms with Crippen molar-refractivity contribution in [3.63, 3.8) is 0 Å². The molecule has 0 N–H and O–H groups in total. The molecular formula is C8H5F3O2. The Morgan fingerprint density at radius 3 is 2.54 bits per heavy atom. The third-order valence-corrected chi connectivity index (χ3v) is 1.35. The van der Waals surface area contributed by atoms with Crippen molar-refractivity contribution in [2.75, 3.05) is 0 Å². The largest absolute Gasteiger partial charge is 0.429 e. The first-order chi connectivity index (χ1) is 6.04. The minimum Gasteiger partial charge on any atom is -0.429 e. The van der Waals surface area contributed by atoms with Gasteiger partial charge in [-0.15, -0.1) is 0 Å². The molecule has 70 valence electrons. The van der Waals surface area contributed by atoms with Crippen LogP contribution in [0.15, 0.2) is 24.3 Å². The Morgan fingerprint density at radius 1 is 1.31 bits per heavy atom. The number of carbonyl (C=O) groups excluding carboxylic acids is 1. The fourth-order valence-corrected chi connectivity index (χ4v) is 0.801. The van der Waals surface area contributed by atoms with Gasteiger partial charge in [-0.05, 0) is 18.2 Å². The van der Waals surface area contributed by atoms with E-state index in [1.54, 1.807) is 0 Å². The standard InChI is InChI=1S/C8H5F3O2/c9-8(10,11)6-2-1-3-7(4-6)13-5-12/h1-5H. The summed E-state index contributed by atoms with van der Waals surface area (Å²) in [6, 6.07) is 4.09.